The lowest BCUT2D eigenvalue weighted by atomic mass is 9.95. The van der Waals surface area contributed by atoms with Gasteiger partial charge in [0.15, 0.2) is 5.82 Å². The number of nitrogens with one attached hydrogen (secondary N) is 1. The molecule has 5 N–H and O–H groups in total. The molecule has 8 rings (SSSR count). The number of aryl methyl sites for hydroxylation is 1. The van der Waals surface area contributed by atoms with E-state index in [4.69, 9.17) is 42.8 Å². The van der Waals surface area contributed by atoms with Gasteiger partial charge in [0.05, 0.1) is 16.1 Å². The van der Waals surface area contributed by atoms with E-state index in [-0.39, 0.29) is 11.5 Å². The molecule has 4 fully saturated rings. The molecule has 0 spiro atoms. The van der Waals surface area contributed by atoms with Gasteiger partial charge in [-0.2, -0.15) is 9.97 Å². The number of thiophene rings is 1. The van der Waals surface area contributed by atoms with Gasteiger partial charge in [0.1, 0.15) is 24.1 Å². The number of aromatic nitrogens is 3. The molecule has 2 bridgehead atoms. The SMILES string of the molecule is CCc1c(N)sc2ccc(Cl)c(-c3cc4nc(OC[C@@]56CCCN5C[C@H](F)C6)nc(N5CC6CCC(C5)N6)c4nc3N)c12. The summed E-state index contributed by atoms with van der Waals surface area (Å²) in [6.07, 6.45) is 4.69. The number of nitrogens with zero attached hydrogens (tertiary/aromatic N) is 5. The van der Waals surface area contributed by atoms with Crippen LogP contribution in [0.4, 0.5) is 21.0 Å². The van der Waals surface area contributed by atoms with Crippen LogP contribution in [-0.4, -0.2) is 76.4 Å². The van der Waals surface area contributed by atoms with Crippen LogP contribution < -0.4 is 26.4 Å². The van der Waals surface area contributed by atoms with Crippen molar-refractivity contribution in [1.29, 1.82) is 0 Å². The molecule has 12 heteroatoms. The Morgan fingerprint density at radius 1 is 1.16 bits per heavy atom. The molecular weight excluding hydrogens is 587 g/mol. The van der Waals surface area contributed by atoms with E-state index in [2.05, 4.69) is 22.0 Å². The molecule has 4 aliphatic heterocycles. The van der Waals surface area contributed by atoms with E-state index < -0.39 is 6.17 Å². The Hall–Kier alpha value is -2.99. The number of pyridine rings is 1. The first-order chi connectivity index (χ1) is 20.8. The highest BCUT2D eigenvalue weighted by Gasteiger charge is 2.49. The number of halogens is 2. The van der Waals surface area contributed by atoms with Crippen LogP contribution in [0.1, 0.15) is 44.6 Å². The number of nitrogen functional groups attached to an aromatic ring is 2. The summed E-state index contributed by atoms with van der Waals surface area (Å²) >= 11 is 8.44. The maximum atomic E-state index is 14.5. The number of hydrogen-bond donors (Lipinski definition) is 3. The van der Waals surface area contributed by atoms with E-state index in [1.165, 1.54) is 0 Å². The van der Waals surface area contributed by atoms with Crippen LogP contribution in [0.25, 0.3) is 32.2 Å². The third-order valence-electron chi connectivity index (χ3n) is 9.97. The van der Waals surface area contributed by atoms with Gasteiger partial charge in [0.2, 0.25) is 0 Å². The molecule has 0 amide bonds. The smallest absolute Gasteiger partial charge is 0.319 e. The van der Waals surface area contributed by atoms with E-state index >= 15 is 0 Å². The van der Waals surface area contributed by atoms with Crippen molar-refractivity contribution in [1.82, 2.24) is 25.2 Å². The van der Waals surface area contributed by atoms with Crippen molar-refractivity contribution in [3.8, 4) is 17.1 Å². The van der Waals surface area contributed by atoms with Crippen LogP contribution in [0.15, 0.2) is 18.2 Å². The van der Waals surface area contributed by atoms with Crippen molar-refractivity contribution < 1.29 is 9.13 Å². The number of benzene rings is 1. The minimum atomic E-state index is -0.824. The lowest BCUT2D eigenvalue weighted by Gasteiger charge is -2.34. The zero-order chi connectivity index (χ0) is 29.5. The molecule has 4 aliphatic rings. The van der Waals surface area contributed by atoms with Crippen LogP contribution in [0.2, 0.25) is 5.02 Å². The fourth-order valence-corrected chi connectivity index (χ4v) is 9.33. The van der Waals surface area contributed by atoms with Crippen molar-refractivity contribution >= 4 is 60.7 Å². The Kier molecular flexibility index (Phi) is 6.59. The molecule has 4 atom stereocenters. The summed E-state index contributed by atoms with van der Waals surface area (Å²) < 4.78 is 21.9. The van der Waals surface area contributed by atoms with Crippen molar-refractivity contribution in [2.24, 2.45) is 0 Å². The van der Waals surface area contributed by atoms with E-state index in [0.29, 0.717) is 59.1 Å². The van der Waals surface area contributed by atoms with Gasteiger partial charge in [-0.25, -0.2) is 9.37 Å². The summed E-state index contributed by atoms with van der Waals surface area (Å²) in [6, 6.07) is 6.96. The lowest BCUT2D eigenvalue weighted by molar-refractivity contribution is 0.107. The zero-order valence-corrected chi connectivity index (χ0v) is 25.8. The summed E-state index contributed by atoms with van der Waals surface area (Å²) in [7, 11) is 0. The first-order valence-electron chi connectivity index (χ1n) is 15.3. The predicted molar refractivity (Wildman–Crippen MR) is 172 cm³/mol. The van der Waals surface area contributed by atoms with E-state index in [9.17, 15) is 4.39 Å². The zero-order valence-electron chi connectivity index (χ0n) is 24.2. The van der Waals surface area contributed by atoms with Gasteiger partial charge >= 0.3 is 6.01 Å². The molecule has 0 radical (unpaired) electrons. The Labute approximate surface area is 258 Å². The second-order valence-corrected chi connectivity index (χ2v) is 14.1. The van der Waals surface area contributed by atoms with E-state index in [1.807, 2.05) is 18.2 Å². The van der Waals surface area contributed by atoms with Crippen LogP contribution in [0.5, 0.6) is 6.01 Å². The molecule has 2 unspecified atom stereocenters. The molecule has 43 heavy (non-hydrogen) atoms. The van der Waals surface area contributed by atoms with Crippen LogP contribution in [-0.2, 0) is 6.42 Å². The summed E-state index contributed by atoms with van der Waals surface area (Å²) in [5.74, 6) is 1.09. The summed E-state index contributed by atoms with van der Waals surface area (Å²) in [5.41, 5.74) is 16.7. The number of rotatable bonds is 6. The molecule has 3 aromatic heterocycles. The fraction of sp³-hybridized carbons (Fsp3) is 0.516. The Bertz CT molecular complexity index is 1740. The van der Waals surface area contributed by atoms with Crippen molar-refractivity contribution in [2.75, 3.05) is 49.2 Å². The summed E-state index contributed by atoms with van der Waals surface area (Å²) in [4.78, 5) is 19.3. The normalized spacial score (nSPS) is 27.0. The third kappa shape index (κ3) is 4.50. The molecule has 7 heterocycles. The Morgan fingerprint density at radius 2 is 1.98 bits per heavy atom. The van der Waals surface area contributed by atoms with Gasteiger partial charge in [0, 0.05) is 64.4 Å². The van der Waals surface area contributed by atoms with Gasteiger partial charge in [-0.1, -0.05) is 18.5 Å². The third-order valence-corrected chi connectivity index (χ3v) is 11.3. The average molecular weight is 623 g/mol. The molecular formula is C31H36ClFN8OS. The summed E-state index contributed by atoms with van der Waals surface area (Å²) in [5, 5.41) is 6.07. The molecule has 4 saturated heterocycles. The summed E-state index contributed by atoms with van der Waals surface area (Å²) in [6.45, 7) is 5.48. The van der Waals surface area contributed by atoms with Crippen molar-refractivity contribution in [2.45, 2.75) is 69.2 Å². The van der Waals surface area contributed by atoms with Gasteiger partial charge in [0.25, 0.3) is 0 Å². The molecule has 0 saturated carbocycles. The Balaban J connectivity index is 1.26. The van der Waals surface area contributed by atoms with Gasteiger partial charge in [-0.15, -0.1) is 11.3 Å². The lowest BCUT2D eigenvalue weighted by Crippen LogP contribution is -2.51. The second kappa shape index (κ2) is 10.3. The number of fused-ring (bicyclic) bond motifs is 5. The number of hydrogen-bond acceptors (Lipinski definition) is 10. The monoisotopic (exact) mass is 622 g/mol. The molecule has 4 aromatic rings. The highest BCUT2D eigenvalue weighted by Crippen LogP contribution is 2.46. The van der Waals surface area contributed by atoms with Crippen LogP contribution in [0, 0.1) is 0 Å². The fourth-order valence-electron chi connectivity index (χ4n) is 8.00. The number of piperazine rings is 1. The highest BCUT2D eigenvalue weighted by atomic mass is 35.5. The predicted octanol–water partition coefficient (Wildman–Crippen LogP) is 5.18. The van der Waals surface area contributed by atoms with E-state index in [0.717, 1.165) is 83.8 Å². The number of ether oxygens (including phenoxy) is 1. The topological polar surface area (TPSA) is 118 Å². The molecule has 9 nitrogen and oxygen atoms in total. The van der Waals surface area contributed by atoms with Gasteiger partial charge in [-0.3, -0.25) is 4.90 Å². The maximum Gasteiger partial charge on any atom is 0.319 e. The maximum absolute atomic E-state index is 14.5. The minimum absolute atomic E-state index is 0.285. The molecule has 1 aromatic carbocycles. The number of alkyl halides is 1. The quantitative estimate of drug-likeness (QED) is 0.267. The number of nitrogens with two attached hydrogens (primary N) is 2. The van der Waals surface area contributed by atoms with Gasteiger partial charge in [-0.05, 0) is 62.4 Å². The first kappa shape index (κ1) is 27.6. The van der Waals surface area contributed by atoms with Crippen molar-refractivity contribution in [3.63, 3.8) is 0 Å². The standard InChI is InChI=1S/C31H36ClFN8OS/c1-2-19-25-23(43-28(19)35)7-6-21(32)24(25)20-10-22-26(38-27(20)34)29(40-13-17-4-5-18(14-40)36-17)39-30(37-22)42-15-31-8-3-9-41(31)12-16(33)11-31/h6-7,10,16-18,36H,2-5,8-9,11-15,35H2,1H3,(H2,34,38)/t16-,17?,18?,31+/m1/s1. The van der Waals surface area contributed by atoms with Crippen LogP contribution >= 0.6 is 22.9 Å². The second-order valence-electron chi connectivity index (χ2n) is 12.6. The van der Waals surface area contributed by atoms with Crippen molar-refractivity contribution in [3.05, 3.63) is 28.8 Å². The molecule has 0 aliphatic carbocycles. The average Bonchev–Trinajstić information content (AvgIpc) is 3.71. The highest BCUT2D eigenvalue weighted by molar-refractivity contribution is 7.23. The van der Waals surface area contributed by atoms with Gasteiger partial charge < -0.3 is 26.4 Å². The largest absolute Gasteiger partial charge is 0.461 e. The Morgan fingerprint density at radius 3 is 2.77 bits per heavy atom. The number of anilines is 3. The first-order valence-corrected chi connectivity index (χ1v) is 16.5. The minimum Gasteiger partial charge on any atom is -0.461 e. The van der Waals surface area contributed by atoms with E-state index in [1.54, 1.807) is 11.3 Å². The molecule has 226 valence electrons. The van der Waals surface area contributed by atoms with Crippen LogP contribution in [0.3, 0.4) is 0 Å².